The van der Waals surface area contributed by atoms with E-state index in [1.54, 1.807) is 0 Å². The summed E-state index contributed by atoms with van der Waals surface area (Å²) in [4.78, 5) is 26.6. The van der Waals surface area contributed by atoms with E-state index in [-0.39, 0.29) is 29.2 Å². The second-order valence-electron chi connectivity index (χ2n) is 7.39. The van der Waals surface area contributed by atoms with Crippen LogP contribution >= 0.6 is 0 Å². The molecule has 2 rings (SSSR count). The molecule has 0 saturated carbocycles. The van der Waals surface area contributed by atoms with E-state index in [0.29, 0.717) is 6.54 Å². The van der Waals surface area contributed by atoms with Gasteiger partial charge in [0, 0.05) is 31.1 Å². The van der Waals surface area contributed by atoms with Gasteiger partial charge >= 0.3 is 0 Å². The molecule has 0 aromatic carbocycles. The van der Waals surface area contributed by atoms with E-state index in [1.165, 1.54) is 0 Å². The molecule has 0 radical (unpaired) electrons. The van der Waals surface area contributed by atoms with Crippen molar-refractivity contribution in [1.29, 1.82) is 0 Å². The van der Waals surface area contributed by atoms with Crippen LogP contribution in [0, 0.1) is 11.3 Å². The predicted octanol–water partition coefficient (Wildman–Crippen LogP) is 1.14. The number of amides is 2. The molecule has 0 bridgehead atoms. The van der Waals surface area contributed by atoms with Crippen molar-refractivity contribution in [2.24, 2.45) is 11.3 Å². The van der Waals surface area contributed by atoms with Gasteiger partial charge in [0.2, 0.25) is 11.8 Å². The lowest BCUT2D eigenvalue weighted by atomic mass is 9.90. The number of carbonyl (C=O) groups is 2. The normalized spacial score (nSPS) is 27.3. The zero-order valence-electron chi connectivity index (χ0n) is 13.6. The minimum atomic E-state index is -0.369. The second-order valence-corrected chi connectivity index (χ2v) is 7.39. The summed E-state index contributed by atoms with van der Waals surface area (Å²) in [6.45, 7) is 9.08. The summed E-state index contributed by atoms with van der Waals surface area (Å²) in [5, 5.41) is 6.46. The first-order valence-electron chi connectivity index (χ1n) is 8.18. The smallest absolute Gasteiger partial charge is 0.227 e. The average Bonchev–Trinajstić information content (AvgIpc) is 2.46. The Morgan fingerprint density at radius 3 is 2.57 bits per heavy atom. The summed E-state index contributed by atoms with van der Waals surface area (Å²) in [7, 11) is 0. The molecule has 2 atom stereocenters. The summed E-state index contributed by atoms with van der Waals surface area (Å²) < 4.78 is 0. The average molecular weight is 295 g/mol. The molecule has 2 heterocycles. The Kier molecular flexibility index (Phi) is 5.25. The van der Waals surface area contributed by atoms with Gasteiger partial charge in [-0.25, -0.2) is 0 Å². The van der Waals surface area contributed by atoms with Gasteiger partial charge < -0.3 is 15.5 Å². The van der Waals surface area contributed by atoms with Crippen LogP contribution in [0.2, 0.25) is 0 Å². The van der Waals surface area contributed by atoms with E-state index in [9.17, 15) is 9.59 Å². The number of nitrogens with zero attached hydrogens (tertiary/aromatic N) is 1. The lowest BCUT2D eigenvalue weighted by Crippen LogP contribution is -2.52. The van der Waals surface area contributed by atoms with Crippen LogP contribution in [-0.2, 0) is 9.59 Å². The SMILES string of the molecule is CC(C)(C)C(=O)N1CCCC(C(=O)NC2CCCNC2)C1. The Morgan fingerprint density at radius 1 is 1.19 bits per heavy atom. The zero-order chi connectivity index (χ0) is 15.5. The molecule has 0 aromatic rings. The van der Waals surface area contributed by atoms with Gasteiger partial charge in [-0.1, -0.05) is 20.8 Å². The number of piperidine rings is 2. The number of hydrogen-bond acceptors (Lipinski definition) is 3. The number of rotatable bonds is 2. The number of nitrogens with one attached hydrogen (secondary N) is 2. The van der Waals surface area contributed by atoms with Crippen LogP contribution in [0.1, 0.15) is 46.5 Å². The van der Waals surface area contributed by atoms with Gasteiger partial charge in [-0.2, -0.15) is 0 Å². The summed E-state index contributed by atoms with van der Waals surface area (Å²) in [6.07, 6.45) is 3.98. The molecular weight excluding hydrogens is 266 g/mol. The van der Waals surface area contributed by atoms with Crippen molar-refractivity contribution in [3.8, 4) is 0 Å². The first-order valence-corrected chi connectivity index (χ1v) is 8.18. The molecule has 2 aliphatic rings. The van der Waals surface area contributed by atoms with Crippen LogP contribution in [0.25, 0.3) is 0 Å². The molecule has 5 nitrogen and oxygen atoms in total. The van der Waals surface area contributed by atoms with Crippen LogP contribution in [0.3, 0.4) is 0 Å². The third-order valence-electron chi connectivity index (χ3n) is 4.36. The fourth-order valence-electron chi connectivity index (χ4n) is 3.14. The minimum Gasteiger partial charge on any atom is -0.352 e. The molecule has 2 aliphatic heterocycles. The van der Waals surface area contributed by atoms with Gasteiger partial charge in [-0.05, 0) is 32.2 Å². The minimum absolute atomic E-state index is 0.0491. The predicted molar refractivity (Wildman–Crippen MR) is 82.8 cm³/mol. The van der Waals surface area contributed by atoms with Gasteiger partial charge in [0.25, 0.3) is 0 Å². The molecule has 2 fully saturated rings. The summed E-state index contributed by atoms with van der Waals surface area (Å²) in [5.74, 6) is 0.224. The van der Waals surface area contributed by atoms with E-state index in [1.807, 2.05) is 25.7 Å². The lowest BCUT2D eigenvalue weighted by molar-refractivity contribution is -0.142. The maximum Gasteiger partial charge on any atom is 0.227 e. The van der Waals surface area contributed by atoms with Crippen LogP contribution in [-0.4, -0.2) is 48.9 Å². The third kappa shape index (κ3) is 4.43. The van der Waals surface area contributed by atoms with Crippen LogP contribution < -0.4 is 10.6 Å². The Labute approximate surface area is 127 Å². The lowest BCUT2D eigenvalue weighted by Gasteiger charge is -2.36. The summed E-state index contributed by atoms with van der Waals surface area (Å²) in [5.41, 5.74) is -0.369. The monoisotopic (exact) mass is 295 g/mol. The van der Waals surface area contributed by atoms with Gasteiger partial charge in [-0.15, -0.1) is 0 Å². The Morgan fingerprint density at radius 2 is 1.95 bits per heavy atom. The van der Waals surface area contributed by atoms with Crippen LogP contribution in [0.15, 0.2) is 0 Å². The van der Waals surface area contributed by atoms with E-state index in [4.69, 9.17) is 0 Å². The highest BCUT2D eigenvalue weighted by molar-refractivity contribution is 5.84. The standard InChI is InChI=1S/C16H29N3O2/c1-16(2,3)15(21)19-9-5-6-12(11-19)14(20)18-13-7-4-8-17-10-13/h12-13,17H,4-11H2,1-3H3,(H,18,20). The maximum atomic E-state index is 12.4. The van der Waals surface area contributed by atoms with Crippen molar-refractivity contribution in [1.82, 2.24) is 15.5 Å². The molecule has 2 amide bonds. The molecule has 0 spiro atoms. The number of likely N-dealkylation sites (tertiary alicyclic amines) is 1. The van der Waals surface area contributed by atoms with E-state index >= 15 is 0 Å². The van der Waals surface area contributed by atoms with Gasteiger partial charge in [0.1, 0.15) is 0 Å². The van der Waals surface area contributed by atoms with Crippen molar-refractivity contribution >= 4 is 11.8 Å². The second kappa shape index (κ2) is 6.77. The van der Waals surface area contributed by atoms with Crippen molar-refractivity contribution in [3.05, 3.63) is 0 Å². The summed E-state index contributed by atoms with van der Waals surface area (Å²) in [6, 6.07) is 0.250. The molecule has 0 aromatic heterocycles. The highest BCUT2D eigenvalue weighted by Crippen LogP contribution is 2.23. The van der Waals surface area contributed by atoms with E-state index in [2.05, 4.69) is 10.6 Å². The van der Waals surface area contributed by atoms with Crippen molar-refractivity contribution in [3.63, 3.8) is 0 Å². The summed E-state index contributed by atoms with van der Waals surface area (Å²) >= 11 is 0. The Hall–Kier alpha value is -1.10. The van der Waals surface area contributed by atoms with Crippen LogP contribution in [0.5, 0.6) is 0 Å². The zero-order valence-corrected chi connectivity index (χ0v) is 13.6. The molecular formula is C16H29N3O2. The highest BCUT2D eigenvalue weighted by Gasteiger charge is 2.33. The molecule has 2 N–H and O–H groups in total. The molecule has 2 saturated heterocycles. The molecule has 2 unspecified atom stereocenters. The largest absolute Gasteiger partial charge is 0.352 e. The quantitative estimate of drug-likeness (QED) is 0.803. The first-order chi connectivity index (χ1) is 9.88. The van der Waals surface area contributed by atoms with Crippen molar-refractivity contribution < 1.29 is 9.59 Å². The Balaban J connectivity index is 1.88. The molecule has 120 valence electrons. The number of carbonyl (C=O) groups excluding carboxylic acids is 2. The van der Waals surface area contributed by atoms with Crippen molar-refractivity contribution in [2.45, 2.75) is 52.5 Å². The first kappa shape index (κ1) is 16.3. The van der Waals surface area contributed by atoms with Gasteiger partial charge in [0.05, 0.1) is 5.92 Å². The topological polar surface area (TPSA) is 61.4 Å². The fourth-order valence-corrected chi connectivity index (χ4v) is 3.14. The molecule has 0 aliphatic carbocycles. The molecule has 5 heteroatoms. The Bertz CT molecular complexity index is 383. The van der Waals surface area contributed by atoms with Crippen LogP contribution in [0.4, 0.5) is 0 Å². The van der Waals surface area contributed by atoms with Gasteiger partial charge in [0.15, 0.2) is 0 Å². The maximum absolute atomic E-state index is 12.4. The van der Waals surface area contributed by atoms with Crippen molar-refractivity contribution in [2.75, 3.05) is 26.2 Å². The van der Waals surface area contributed by atoms with Gasteiger partial charge in [-0.3, -0.25) is 9.59 Å². The third-order valence-corrected chi connectivity index (χ3v) is 4.36. The molecule has 21 heavy (non-hydrogen) atoms. The fraction of sp³-hybridized carbons (Fsp3) is 0.875. The van der Waals surface area contributed by atoms with E-state index < -0.39 is 0 Å². The van der Waals surface area contributed by atoms with E-state index in [0.717, 1.165) is 45.3 Å². The highest BCUT2D eigenvalue weighted by atomic mass is 16.2. The number of hydrogen-bond donors (Lipinski definition) is 2.